The van der Waals surface area contributed by atoms with Crippen LogP contribution in [0.4, 0.5) is 5.69 Å². The van der Waals surface area contributed by atoms with Gasteiger partial charge in [0.1, 0.15) is 5.75 Å². The Morgan fingerprint density at radius 3 is 2.60 bits per heavy atom. The molecule has 1 fully saturated rings. The molecule has 0 aromatic heterocycles. The zero-order valence-electron chi connectivity index (χ0n) is 14.5. The van der Waals surface area contributed by atoms with Gasteiger partial charge < -0.3 is 15.0 Å². The smallest absolute Gasteiger partial charge is 0.229 e. The Morgan fingerprint density at radius 1 is 1.20 bits per heavy atom. The van der Waals surface area contributed by atoms with Crippen LogP contribution in [0.1, 0.15) is 17.5 Å². The van der Waals surface area contributed by atoms with Gasteiger partial charge in [0.2, 0.25) is 11.8 Å². The van der Waals surface area contributed by atoms with Crippen LogP contribution in [-0.2, 0) is 16.1 Å². The number of methoxy groups -OCH3 is 1. The highest BCUT2D eigenvalue weighted by Crippen LogP contribution is 2.23. The number of aryl methyl sites for hydroxylation is 1. The van der Waals surface area contributed by atoms with Crippen LogP contribution < -0.4 is 10.1 Å². The Morgan fingerprint density at radius 2 is 1.92 bits per heavy atom. The Kier molecular flexibility index (Phi) is 5.03. The van der Waals surface area contributed by atoms with Crippen molar-refractivity contribution in [3.8, 4) is 5.75 Å². The van der Waals surface area contributed by atoms with Crippen molar-refractivity contribution in [2.24, 2.45) is 5.92 Å². The molecule has 1 heterocycles. The van der Waals surface area contributed by atoms with Gasteiger partial charge in [0.15, 0.2) is 0 Å². The predicted octanol–water partition coefficient (Wildman–Crippen LogP) is 2.99. The van der Waals surface area contributed by atoms with Gasteiger partial charge in [-0.3, -0.25) is 9.59 Å². The zero-order chi connectivity index (χ0) is 17.8. The van der Waals surface area contributed by atoms with Gasteiger partial charge in [-0.1, -0.05) is 30.3 Å². The van der Waals surface area contributed by atoms with Crippen molar-refractivity contribution < 1.29 is 14.3 Å². The first-order chi connectivity index (χ1) is 12.1. The summed E-state index contributed by atoms with van der Waals surface area (Å²) in [5.74, 6) is 0.387. The van der Waals surface area contributed by atoms with E-state index in [4.69, 9.17) is 4.74 Å². The lowest BCUT2D eigenvalue weighted by Gasteiger charge is -2.17. The third-order valence-electron chi connectivity index (χ3n) is 4.52. The molecule has 5 heteroatoms. The lowest BCUT2D eigenvalue weighted by Crippen LogP contribution is -2.28. The number of carbonyl (C=O) groups excluding carboxylic acids is 2. The molecule has 5 nitrogen and oxygen atoms in total. The largest absolute Gasteiger partial charge is 0.497 e. The Balaban J connectivity index is 1.61. The summed E-state index contributed by atoms with van der Waals surface area (Å²) in [6, 6.07) is 15.3. The van der Waals surface area contributed by atoms with Crippen molar-refractivity contribution in [2.45, 2.75) is 19.9 Å². The number of likely N-dealkylation sites (tertiary alicyclic amines) is 1. The number of anilines is 1. The van der Waals surface area contributed by atoms with Crippen molar-refractivity contribution in [1.82, 2.24) is 4.90 Å². The van der Waals surface area contributed by atoms with E-state index in [1.807, 2.05) is 55.5 Å². The minimum Gasteiger partial charge on any atom is -0.497 e. The number of hydrogen-bond acceptors (Lipinski definition) is 3. The molecule has 0 aliphatic carbocycles. The first kappa shape index (κ1) is 17.0. The lowest BCUT2D eigenvalue weighted by atomic mass is 10.1. The van der Waals surface area contributed by atoms with Crippen molar-refractivity contribution in [1.29, 1.82) is 0 Å². The number of nitrogens with zero attached hydrogens (tertiary/aromatic N) is 1. The third kappa shape index (κ3) is 3.99. The molecule has 2 amide bonds. The van der Waals surface area contributed by atoms with Gasteiger partial charge in [0, 0.05) is 25.2 Å². The van der Waals surface area contributed by atoms with Crippen molar-refractivity contribution in [3.05, 3.63) is 59.7 Å². The lowest BCUT2D eigenvalue weighted by molar-refractivity contribution is -0.128. The van der Waals surface area contributed by atoms with Crippen LogP contribution in [0.3, 0.4) is 0 Å². The molecule has 2 aromatic rings. The Labute approximate surface area is 147 Å². The number of benzene rings is 2. The topological polar surface area (TPSA) is 58.6 Å². The highest BCUT2D eigenvalue weighted by Gasteiger charge is 2.34. The maximum atomic E-state index is 12.5. The van der Waals surface area contributed by atoms with E-state index in [9.17, 15) is 9.59 Å². The first-order valence-electron chi connectivity index (χ1n) is 8.34. The summed E-state index contributed by atoms with van der Waals surface area (Å²) in [7, 11) is 1.62. The molecule has 0 unspecified atom stereocenters. The fraction of sp³-hybridized carbons (Fsp3) is 0.300. The summed E-state index contributed by atoms with van der Waals surface area (Å²) >= 11 is 0. The maximum Gasteiger partial charge on any atom is 0.229 e. The molecule has 1 aliphatic heterocycles. The summed E-state index contributed by atoms with van der Waals surface area (Å²) in [4.78, 5) is 26.5. The highest BCUT2D eigenvalue weighted by atomic mass is 16.5. The summed E-state index contributed by atoms with van der Waals surface area (Å²) in [6.45, 7) is 2.91. The van der Waals surface area contributed by atoms with E-state index in [0.717, 1.165) is 22.6 Å². The second-order valence-electron chi connectivity index (χ2n) is 6.33. The fourth-order valence-corrected chi connectivity index (χ4v) is 3.00. The van der Waals surface area contributed by atoms with E-state index < -0.39 is 0 Å². The number of hydrogen-bond donors (Lipinski definition) is 1. The van der Waals surface area contributed by atoms with E-state index in [1.54, 1.807) is 12.0 Å². The quantitative estimate of drug-likeness (QED) is 0.912. The van der Waals surface area contributed by atoms with Gasteiger partial charge in [0.25, 0.3) is 0 Å². The van der Waals surface area contributed by atoms with Crippen molar-refractivity contribution in [3.63, 3.8) is 0 Å². The van der Waals surface area contributed by atoms with Gasteiger partial charge in [-0.15, -0.1) is 0 Å². The van der Waals surface area contributed by atoms with Gasteiger partial charge >= 0.3 is 0 Å². The second-order valence-corrected chi connectivity index (χ2v) is 6.33. The Bertz CT molecular complexity index is 771. The Hall–Kier alpha value is -2.82. The molecule has 3 rings (SSSR count). The van der Waals surface area contributed by atoms with E-state index in [0.29, 0.717) is 13.1 Å². The number of amides is 2. The normalized spacial score (nSPS) is 16.8. The van der Waals surface area contributed by atoms with E-state index >= 15 is 0 Å². The molecule has 1 atom stereocenters. The molecule has 0 bridgehead atoms. The summed E-state index contributed by atoms with van der Waals surface area (Å²) < 4.78 is 5.14. The van der Waals surface area contributed by atoms with Gasteiger partial charge in [0.05, 0.1) is 13.0 Å². The number of para-hydroxylation sites is 1. The summed E-state index contributed by atoms with van der Waals surface area (Å²) in [5, 5.41) is 2.94. The summed E-state index contributed by atoms with van der Waals surface area (Å²) in [5.41, 5.74) is 2.83. The van der Waals surface area contributed by atoms with E-state index in [-0.39, 0.29) is 24.2 Å². The monoisotopic (exact) mass is 338 g/mol. The predicted molar refractivity (Wildman–Crippen MR) is 96.3 cm³/mol. The molecule has 0 saturated carbocycles. The molecule has 130 valence electrons. The van der Waals surface area contributed by atoms with Crippen molar-refractivity contribution >= 4 is 17.5 Å². The molecule has 0 radical (unpaired) electrons. The fourth-order valence-electron chi connectivity index (χ4n) is 3.00. The molecular formula is C20H22N2O3. The number of carbonyl (C=O) groups is 2. The molecule has 2 aromatic carbocycles. The van der Waals surface area contributed by atoms with Crippen LogP contribution in [0.2, 0.25) is 0 Å². The third-order valence-corrected chi connectivity index (χ3v) is 4.52. The van der Waals surface area contributed by atoms with Crippen LogP contribution in [0, 0.1) is 12.8 Å². The number of rotatable bonds is 5. The van der Waals surface area contributed by atoms with Crippen LogP contribution in [-0.4, -0.2) is 30.4 Å². The zero-order valence-corrected chi connectivity index (χ0v) is 14.5. The molecular weight excluding hydrogens is 316 g/mol. The van der Waals surface area contributed by atoms with Gasteiger partial charge in [-0.25, -0.2) is 0 Å². The van der Waals surface area contributed by atoms with E-state index in [2.05, 4.69) is 5.32 Å². The molecule has 1 aliphatic rings. The van der Waals surface area contributed by atoms with Crippen LogP contribution in [0.15, 0.2) is 48.5 Å². The van der Waals surface area contributed by atoms with Gasteiger partial charge in [-0.2, -0.15) is 0 Å². The average Bonchev–Trinajstić information content (AvgIpc) is 2.98. The number of ether oxygens (including phenoxy) is 1. The van der Waals surface area contributed by atoms with E-state index in [1.165, 1.54) is 0 Å². The van der Waals surface area contributed by atoms with Gasteiger partial charge in [-0.05, 0) is 36.2 Å². The maximum absolute atomic E-state index is 12.5. The SMILES string of the molecule is COc1ccc(CN2C[C@@H](C(=O)Nc3ccccc3C)CC2=O)cc1. The van der Waals surface area contributed by atoms with Crippen LogP contribution in [0.25, 0.3) is 0 Å². The molecule has 1 N–H and O–H groups in total. The minimum absolute atomic E-state index is 0.0146. The first-order valence-corrected chi connectivity index (χ1v) is 8.34. The van der Waals surface area contributed by atoms with Crippen LogP contribution >= 0.6 is 0 Å². The molecule has 25 heavy (non-hydrogen) atoms. The standard InChI is InChI=1S/C20H22N2O3/c1-14-5-3-4-6-18(14)21-20(24)16-11-19(23)22(13-16)12-15-7-9-17(25-2)10-8-15/h3-10,16H,11-13H2,1-2H3,(H,21,24)/t16-/m0/s1. The van der Waals surface area contributed by atoms with Crippen molar-refractivity contribution in [2.75, 3.05) is 19.0 Å². The van der Waals surface area contributed by atoms with Crippen LogP contribution in [0.5, 0.6) is 5.75 Å². The minimum atomic E-state index is -0.314. The molecule has 0 spiro atoms. The molecule has 1 saturated heterocycles. The number of nitrogens with one attached hydrogen (secondary N) is 1. The second kappa shape index (κ2) is 7.38. The average molecular weight is 338 g/mol. The summed E-state index contributed by atoms with van der Waals surface area (Å²) in [6.07, 6.45) is 0.258. The highest BCUT2D eigenvalue weighted by molar-refractivity contribution is 5.97.